The zero-order valence-corrected chi connectivity index (χ0v) is 18.7. The first-order chi connectivity index (χ1) is 14.9. The van der Waals surface area contributed by atoms with Crippen LogP contribution in [0, 0.1) is 13.8 Å². The number of ether oxygens (including phenoxy) is 2. The third kappa shape index (κ3) is 6.79. The highest BCUT2D eigenvalue weighted by Gasteiger charge is 2.08. The van der Waals surface area contributed by atoms with E-state index in [4.69, 9.17) is 9.47 Å². The second kappa shape index (κ2) is 10.5. The zero-order chi connectivity index (χ0) is 22.2. The summed E-state index contributed by atoms with van der Waals surface area (Å²) in [6, 6.07) is 19.3. The van der Waals surface area contributed by atoms with Crippen molar-refractivity contribution in [3.05, 3.63) is 93.5 Å². The highest BCUT2D eigenvalue weighted by atomic mass is 79.9. The van der Waals surface area contributed by atoms with Gasteiger partial charge in [-0.2, -0.15) is 5.10 Å². The van der Waals surface area contributed by atoms with Crippen molar-refractivity contribution in [3.63, 3.8) is 0 Å². The second-order valence-electron chi connectivity index (χ2n) is 6.79. The van der Waals surface area contributed by atoms with Gasteiger partial charge < -0.3 is 9.47 Å². The molecule has 158 valence electrons. The number of rotatable bonds is 7. The Morgan fingerprint density at radius 2 is 1.61 bits per heavy atom. The van der Waals surface area contributed by atoms with E-state index in [1.54, 1.807) is 48.5 Å². The Balaban J connectivity index is 1.46. The van der Waals surface area contributed by atoms with Crippen LogP contribution >= 0.6 is 15.9 Å². The molecular weight excluding hydrogens is 460 g/mol. The van der Waals surface area contributed by atoms with Crippen LogP contribution < -0.4 is 14.9 Å². The maximum atomic E-state index is 12.1. The van der Waals surface area contributed by atoms with Gasteiger partial charge in [-0.15, -0.1) is 0 Å². The van der Waals surface area contributed by atoms with Gasteiger partial charge >= 0.3 is 5.97 Å². The second-order valence-corrected chi connectivity index (χ2v) is 7.71. The summed E-state index contributed by atoms with van der Waals surface area (Å²) in [6.07, 6.45) is 1.49. The van der Waals surface area contributed by atoms with Crippen LogP contribution in [0.3, 0.4) is 0 Å². The highest BCUT2D eigenvalue weighted by molar-refractivity contribution is 9.10. The summed E-state index contributed by atoms with van der Waals surface area (Å²) < 4.78 is 11.7. The molecule has 0 radical (unpaired) electrons. The lowest BCUT2D eigenvalue weighted by molar-refractivity contribution is -0.123. The fraction of sp³-hybridized carbons (Fsp3) is 0.125. The number of halogens is 1. The SMILES string of the molecule is Cc1ccc(OCC(=O)NN=Cc2ccc(OC(=O)c3ccc(Br)cc3)cc2)cc1C. The molecule has 0 aromatic heterocycles. The molecule has 6 nitrogen and oxygen atoms in total. The van der Waals surface area contributed by atoms with E-state index in [2.05, 4.69) is 26.5 Å². The van der Waals surface area contributed by atoms with Crippen LogP contribution in [-0.4, -0.2) is 24.7 Å². The molecule has 0 fully saturated rings. The van der Waals surface area contributed by atoms with Gasteiger partial charge in [0.1, 0.15) is 11.5 Å². The predicted molar refractivity (Wildman–Crippen MR) is 123 cm³/mol. The lowest BCUT2D eigenvalue weighted by Gasteiger charge is -2.07. The molecule has 1 N–H and O–H groups in total. The summed E-state index contributed by atoms with van der Waals surface area (Å²) in [5, 5.41) is 3.92. The Morgan fingerprint density at radius 3 is 2.29 bits per heavy atom. The van der Waals surface area contributed by atoms with E-state index in [0.717, 1.165) is 21.2 Å². The Hall–Kier alpha value is -3.45. The number of amides is 1. The smallest absolute Gasteiger partial charge is 0.343 e. The van der Waals surface area contributed by atoms with Crippen LogP contribution in [0.1, 0.15) is 27.0 Å². The van der Waals surface area contributed by atoms with Crippen LogP contribution in [0.2, 0.25) is 0 Å². The molecule has 0 spiro atoms. The normalized spacial score (nSPS) is 10.7. The number of hydrogen-bond acceptors (Lipinski definition) is 5. The van der Waals surface area contributed by atoms with Gasteiger partial charge in [-0.05, 0) is 91.2 Å². The molecule has 1 amide bonds. The molecule has 0 atom stereocenters. The molecule has 0 heterocycles. The number of carbonyl (C=O) groups excluding carboxylic acids is 2. The molecule has 31 heavy (non-hydrogen) atoms. The molecule has 0 bridgehead atoms. The van der Waals surface area contributed by atoms with E-state index < -0.39 is 5.97 Å². The third-order valence-corrected chi connectivity index (χ3v) is 4.95. The first-order valence-electron chi connectivity index (χ1n) is 9.50. The van der Waals surface area contributed by atoms with E-state index in [0.29, 0.717) is 17.1 Å². The Bertz CT molecular complexity index is 1090. The molecule has 7 heteroatoms. The topological polar surface area (TPSA) is 77.0 Å². The van der Waals surface area contributed by atoms with Gasteiger partial charge in [0.25, 0.3) is 5.91 Å². The maximum Gasteiger partial charge on any atom is 0.343 e. The number of nitrogens with one attached hydrogen (secondary N) is 1. The lowest BCUT2D eigenvalue weighted by Crippen LogP contribution is -2.24. The van der Waals surface area contributed by atoms with Crippen molar-refractivity contribution in [3.8, 4) is 11.5 Å². The Kier molecular flexibility index (Phi) is 7.56. The lowest BCUT2D eigenvalue weighted by atomic mass is 10.1. The number of benzene rings is 3. The van der Waals surface area contributed by atoms with Crippen molar-refractivity contribution < 1.29 is 19.1 Å². The summed E-state index contributed by atoms with van der Waals surface area (Å²) in [6.45, 7) is 3.86. The predicted octanol–water partition coefficient (Wildman–Crippen LogP) is 4.81. The van der Waals surface area contributed by atoms with E-state index in [1.165, 1.54) is 6.21 Å². The summed E-state index contributed by atoms with van der Waals surface area (Å²) in [4.78, 5) is 24.0. The van der Waals surface area contributed by atoms with Crippen molar-refractivity contribution in [2.45, 2.75) is 13.8 Å². The van der Waals surface area contributed by atoms with Crippen molar-refractivity contribution in [1.82, 2.24) is 5.43 Å². The third-order valence-electron chi connectivity index (χ3n) is 4.42. The molecule has 0 aliphatic carbocycles. The first-order valence-corrected chi connectivity index (χ1v) is 10.3. The number of hydrogen-bond donors (Lipinski definition) is 1. The van der Waals surface area contributed by atoms with Gasteiger partial charge in [0, 0.05) is 4.47 Å². The summed E-state index contributed by atoms with van der Waals surface area (Å²) in [7, 11) is 0. The number of nitrogens with zero attached hydrogens (tertiary/aromatic N) is 1. The summed E-state index contributed by atoms with van der Waals surface area (Å²) >= 11 is 3.33. The number of hydrazone groups is 1. The summed E-state index contributed by atoms with van der Waals surface area (Å²) in [5.74, 6) is 0.242. The monoisotopic (exact) mass is 480 g/mol. The molecule has 0 unspecified atom stereocenters. The number of esters is 1. The van der Waals surface area contributed by atoms with Gasteiger partial charge in [-0.3, -0.25) is 4.79 Å². The standard InChI is InChI=1S/C24H21BrN2O4/c1-16-3-10-22(13-17(16)2)30-15-23(28)27-26-14-18-4-11-21(12-5-18)31-24(29)19-6-8-20(25)9-7-19/h3-14H,15H2,1-2H3,(H,27,28). The molecule has 3 rings (SSSR count). The van der Waals surface area contributed by atoms with Crippen LogP contribution in [0.15, 0.2) is 76.3 Å². The fourth-order valence-corrected chi connectivity index (χ4v) is 2.80. The van der Waals surface area contributed by atoms with Crippen molar-refractivity contribution >= 4 is 34.0 Å². The minimum Gasteiger partial charge on any atom is -0.484 e. The van der Waals surface area contributed by atoms with Gasteiger partial charge in [0.05, 0.1) is 11.8 Å². The van der Waals surface area contributed by atoms with Crippen LogP contribution in [0.4, 0.5) is 0 Å². The van der Waals surface area contributed by atoms with E-state index in [1.807, 2.05) is 32.0 Å². The number of carbonyl (C=O) groups is 2. The molecule has 0 aliphatic heterocycles. The van der Waals surface area contributed by atoms with Gasteiger partial charge in [-0.25, -0.2) is 10.2 Å². The van der Waals surface area contributed by atoms with Crippen LogP contribution in [-0.2, 0) is 4.79 Å². The highest BCUT2D eigenvalue weighted by Crippen LogP contribution is 2.17. The summed E-state index contributed by atoms with van der Waals surface area (Å²) in [5.41, 5.74) is 5.87. The maximum absolute atomic E-state index is 12.1. The van der Waals surface area contributed by atoms with Crippen LogP contribution in [0.5, 0.6) is 11.5 Å². The van der Waals surface area contributed by atoms with Crippen LogP contribution in [0.25, 0.3) is 0 Å². The van der Waals surface area contributed by atoms with E-state index >= 15 is 0 Å². The molecule has 0 saturated carbocycles. The minimum absolute atomic E-state index is 0.134. The molecular formula is C24H21BrN2O4. The molecule has 0 aliphatic rings. The van der Waals surface area contributed by atoms with Gasteiger partial charge in [-0.1, -0.05) is 22.0 Å². The minimum atomic E-state index is -0.440. The largest absolute Gasteiger partial charge is 0.484 e. The Morgan fingerprint density at radius 1 is 0.935 bits per heavy atom. The quantitative estimate of drug-likeness (QED) is 0.227. The Labute approximate surface area is 189 Å². The van der Waals surface area contributed by atoms with Crippen molar-refractivity contribution in [2.24, 2.45) is 5.10 Å². The zero-order valence-electron chi connectivity index (χ0n) is 17.1. The van der Waals surface area contributed by atoms with Gasteiger partial charge in [0.2, 0.25) is 0 Å². The molecule has 3 aromatic rings. The molecule has 3 aromatic carbocycles. The average molecular weight is 481 g/mol. The average Bonchev–Trinajstić information content (AvgIpc) is 2.76. The molecule has 0 saturated heterocycles. The first kappa shape index (κ1) is 22.2. The van der Waals surface area contributed by atoms with Crippen molar-refractivity contribution in [1.29, 1.82) is 0 Å². The van der Waals surface area contributed by atoms with Crippen molar-refractivity contribution in [2.75, 3.05) is 6.61 Å². The number of aryl methyl sites for hydroxylation is 2. The fourth-order valence-electron chi connectivity index (χ4n) is 2.54. The van der Waals surface area contributed by atoms with E-state index in [-0.39, 0.29) is 12.5 Å². The van der Waals surface area contributed by atoms with E-state index in [9.17, 15) is 9.59 Å². The van der Waals surface area contributed by atoms with Gasteiger partial charge in [0.15, 0.2) is 6.61 Å².